The molecule has 0 aliphatic heterocycles. The number of nitrogens with one attached hydrogen (secondary N) is 1. The fourth-order valence-electron chi connectivity index (χ4n) is 2.94. The number of likely N-dealkylation sites (N-methyl/N-ethyl adjacent to an activating group) is 1. The molecule has 0 bridgehead atoms. The summed E-state index contributed by atoms with van der Waals surface area (Å²) in [6.07, 6.45) is 0. The third-order valence-corrected chi connectivity index (χ3v) is 4.65. The molecule has 2 aromatic rings. The molecule has 1 aliphatic rings. The minimum Gasteiger partial charge on any atom is -0.321 e. The van der Waals surface area contributed by atoms with Crippen molar-refractivity contribution in [3.8, 4) is 0 Å². The Balaban J connectivity index is 1.99. The summed E-state index contributed by atoms with van der Waals surface area (Å²) < 4.78 is 0.538. The van der Waals surface area contributed by atoms with Crippen LogP contribution in [0.3, 0.4) is 0 Å². The maximum Gasteiger partial charge on any atom is 0.279 e. The molecular weight excluding hydrogens is 316 g/mol. The average Bonchev–Trinajstić information content (AvgIpc) is 2.59. The van der Waals surface area contributed by atoms with Gasteiger partial charge < -0.3 is 9.80 Å². The van der Waals surface area contributed by atoms with Gasteiger partial charge in [-0.25, -0.2) is 0 Å². The molecule has 0 atom stereocenters. The Morgan fingerprint density at radius 2 is 1.52 bits per heavy atom. The van der Waals surface area contributed by atoms with Crippen molar-refractivity contribution in [2.45, 2.75) is 6.92 Å². The molecule has 0 spiro atoms. The highest BCUT2D eigenvalue weighted by atomic mass is 16.2. The van der Waals surface area contributed by atoms with Crippen LogP contribution in [0, 0.1) is 0 Å². The lowest BCUT2D eigenvalue weighted by molar-refractivity contribution is -0.880. The second-order valence-electron chi connectivity index (χ2n) is 6.89. The standard InChI is InChI=1S/C20H20N2O3/c1-4-22(2,3)12-17(23)21-16-11-7-10-15-18(16)20(25)14-9-6-5-8-13(14)19(15)24/h5-11H,4,12H2,1-3H3/p+1. The van der Waals surface area contributed by atoms with E-state index >= 15 is 0 Å². The fourth-order valence-corrected chi connectivity index (χ4v) is 2.94. The minimum atomic E-state index is -0.231. The van der Waals surface area contributed by atoms with Gasteiger partial charge in [0.1, 0.15) is 0 Å². The number of carbonyl (C=O) groups excluding carboxylic acids is 3. The predicted molar refractivity (Wildman–Crippen MR) is 95.9 cm³/mol. The normalized spacial score (nSPS) is 13.2. The molecule has 0 aromatic heterocycles. The highest BCUT2D eigenvalue weighted by Gasteiger charge is 2.32. The van der Waals surface area contributed by atoms with Crippen molar-refractivity contribution in [1.29, 1.82) is 0 Å². The molecule has 0 saturated carbocycles. The van der Waals surface area contributed by atoms with Crippen LogP contribution in [-0.4, -0.2) is 49.1 Å². The molecule has 25 heavy (non-hydrogen) atoms. The number of fused-ring (bicyclic) bond motifs is 2. The average molecular weight is 337 g/mol. The number of benzene rings is 2. The molecule has 1 N–H and O–H groups in total. The van der Waals surface area contributed by atoms with Crippen LogP contribution >= 0.6 is 0 Å². The second-order valence-corrected chi connectivity index (χ2v) is 6.89. The lowest BCUT2D eigenvalue weighted by atomic mass is 9.83. The van der Waals surface area contributed by atoms with Gasteiger partial charge in [0, 0.05) is 16.7 Å². The van der Waals surface area contributed by atoms with Crippen LogP contribution in [0.2, 0.25) is 0 Å². The van der Waals surface area contributed by atoms with Gasteiger partial charge in [-0.05, 0) is 13.0 Å². The van der Waals surface area contributed by atoms with E-state index in [1.165, 1.54) is 0 Å². The molecule has 1 aliphatic carbocycles. The van der Waals surface area contributed by atoms with E-state index in [9.17, 15) is 14.4 Å². The summed E-state index contributed by atoms with van der Waals surface area (Å²) in [5, 5.41) is 2.81. The van der Waals surface area contributed by atoms with Crippen LogP contribution in [0.15, 0.2) is 42.5 Å². The van der Waals surface area contributed by atoms with Crippen molar-refractivity contribution in [3.05, 3.63) is 64.7 Å². The van der Waals surface area contributed by atoms with Crippen molar-refractivity contribution in [2.75, 3.05) is 32.5 Å². The van der Waals surface area contributed by atoms with E-state index in [0.717, 1.165) is 6.54 Å². The van der Waals surface area contributed by atoms with Gasteiger partial charge in [-0.1, -0.05) is 36.4 Å². The molecule has 1 amide bonds. The first-order valence-corrected chi connectivity index (χ1v) is 8.27. The molecule has 3 rings (SSSR count). The number of rotatable bonds is 4. The quantitative estimate of drug-likeness (QED) is 0.744. The SMILES string of the molecule is CC[N+](C)(C)CC(=O)Nc1cccc2c1C(=O)c1ccccc1C2=O. The highest BCUT2D eigenvalue weighted by Crippen LogP contribution is 2.31. The lowest BCUT2D eigenvalue weighted by Crippen LogP contribution is -2.45. The summed E-state index contributed by atoms with van der Waals surface area (Å²) in [7, 11) is 3.93. The van der Waals surface area contributed by atoms with Gasteiger partial charge in [-0.15, -0.1) is 0 Å². The van der Waals surface area contributed by atoms with Crippen LogP contribution in [0.5, 0.6) is 0 Å². The summed E-state index contributed by atoms with van der Waals surface area (Å²) in [5.74, 6) is -0.601. The smallest absolute Gasteiger partial charge is 0.279 e. The zero-order valence-electron chi connectivity index (χ0n) is 14.6. The van der Waals surface area contributed by atoms with E-state index in [2.05, 4.69) is 5.32 Å². The number of carbonyl (C=O) groups is 3. The molecule has 0 radical (unpaired) electrons. The molecular formula is C20H21N2O3+. The van der Waals surface area contributed by atoms with Gasteiger partial charge in [0.15, 0.2) is 18.1 Å². The summed E-state index contributed by atoms with van der Waals surface area (Å²) in [5.41, 5.74) is 1.80. The Morgan fingerprint density at radius 3 is 2.16 bits per heavy atom. The Hall–Kier alpha value is -2.79. The van der Waals surface area contributed by atoms with Crippen LogP contribution in [0.4, 0.5) is 5.69 Å². The van der Waals surface area contributed by atoms with Gasteiger partial charge in [-0.3, -0.25) is 14.4 Å². The largest absolute Gasteiger partial charge is 0.321 e. The van der Waals surface area contributed by atoms with Gasteiger partial charge >= 0.3 is 0 Å². The van der Waals surface area contributed by atoms with Crippen molar-refractivity contribution in [3.63, 3.8) is 0 Å². The Labute approximate surface area is 146 Å². The molecule has 5 heteroatoms. The maximum absolute atomic E-state index is 12.9. The van der Waals surface area contributed by atoms with Gasteiger partial charge in [-0.2, -0.15) is 0 Å². The van der Waals surface area contributed by atoms with E-state index in [-0.39, 0.29) is 23.0 Å². The molecule has 0 heterocycles. The molecule has 0 saturated heterocycles. The highest BCUT2D eigenvalue weighted by molar-refractivity contribution is 6.30. The summed E-state index contributed by atoms with van der Waals surface area (Å²) in [6.45, 7) is 3.11. The van der Waals surface area contributed by atoms with Crippen LogP contribution in [0.25, 0.3) is 0 Å². The van der Waals surface area contributed by atoms with E-state index in [1.807, 2.05) is 21.0 Å². The minimum absolute atomic E-state index is 0.181. The van der Waals surface area contributed by atoms with Crippen molar-refractivity contribution < 1.29 is 18.9 Å². The summed E-state index contributed by atoms with van der Waals surface area (Å²) in [6, 6.07) is 11.8. The summed E-state index contributed by atoms with van der Waals surface area (Å²) in [4.78, 5) is 38.0. The Morgan fingerprint density at radius 1 is 0.920 bits per heavy atom. The van der Waals surface area contributed by atoms with Crippen LogP contribution < -0.4 is 5.32 Å². The van der Waals surface area contributed by atoms with Crippen molar-refractivity contribution in [1.82, 2.24) is 0 Å². The number of anilines is 1. The summed E-state index contributed by atoms with van der Waals surface area (Å²) >= 11 is 0. The first kappa shape index (κ1) is 17.0. The molecule has 2 aromatic carbocycles. The zero-order chi connectivity index (χ0) is 18.2. The lowest BCUT2D eigenvalue weighted by Gasteiger charge is -2.27. The molecule has 0 fully saturated rings. The molecule has 5 nitrogen and oxygen atoms in total. The van der Waals surface area contributed by atoms with Gasteiger partial charge in [0.05, 0.1) is 31.9 Å². The molecule has 0 unspecified atom stereocenters. The first-order chi connectivity index (χ1) is 11.8. The first-order valence-electron chi connectivity index (χ1n) is 8.27. The Kier molecular flexibility index (Phi) is 4.27. The van der Waals surface area contributed by atoms with Crippen LogP contribution in [0.1, 0.15) is 38.8 Å². The van der Waals surface area contributed by atoms with E-state index in [0.29, 0.717) is 33.4 Å². The number of ketones is 2. The monoisotopic (exact) mass is 337 g/mol. The second kappa shape index (κ2) is 6.26. The van der Waals surface area contributed by atoms with E-state index in [1.54, 1.807) is 42.5 Å². The van der Waals surface area contributed by atoms with Crippen molar-refractivity contribution >= 4 is 23.2 Å². The zero-order valence-corrected chi connectivity index (χ0v) is 14.6. The van der Waals surface area contributed by atoms with Gasteiger partial charge in [0.25, 0.3) is 5.91 Å². The Bertz CT molecular complexity index is 884. The number of nitrogens with zero attached hydrogens (tertiary/aromatic N) is 1. The predicted octanol–water partition coefficient (Wildman–Crippen LogP) is 2.50. The topological polar surface area (TPSA) is 63.2 Å². The van der Waals surface area contributed by atoms with E-state index < -0.39 is 0 Å². The fraction of sp³-hybridized carbons (Fsp3) is 0.250. The third-order valence-electron chi connectivity index (χ3n) is 4.65. The molecule has 128 valence electrons. The number of hydrogen-bond acceptors (Lipinski definition) is 3. The van der Waals surface area contributed by atoms with E-state index in [4.69, 9.17) is 0 Å². The van der Waals surface area contributed by atoms with Crippen molar-refractivity contribution in [2.24, 2.45) is 0 Å². The number of hydrogen-bond donors (Lipinski definition) is 1. The maximum atomic E-state index is 12.9. The van der Waals surface area contributed by atoms with Crippen LogP contribution in [-0.2, 0) is 4.79 Å². The number of amides is 1. The van der Waals surface area contributed by atoms with Gasteiger partial charge in [0.2, 0.25) is 0 Å². The number of quaternary nitrogens is 1. The third kappa shape index (κ3) is 3.10.